The summed E-state index contributed by atoms with van der Waals surface area (Å²) < 4.78 is 25.1. The molecule has 0 unspecified atom stereocenters. The first-order valence-electron chi connectivity index (χ1n) is 5.09. The van der Waals surface area contributed by atoms with Crippen LogP contribution < -0.4 is 5.73 Å². The van der Waals surface area contributed by atoms with Crippen LogP contribution in [0.3, 0.4) is 0 Å². The van der Waals surface area contributed by atoms with Crippen molar-refractivity contribution < 1.29 is 8.42 Å². The number of hydrogen-bond acceptors (Lipinski definition) is 8. The van der Waals surface area contributed by atoms with Gasteiger partial charge in [-0.3, -0.25) is 0 Å². The Morgan fingerprint density at radius 3 is 2.44 bits per heavy atom. The Balaban J connectivity index is 2.54. The Morgan fingerprint density at radius 2 is 1.94 bits per heavy atom. The monoisotopic (exact) mass is 288 g/mol. The van der Waals surface area contributed by atoms with Crippen LogP contribution in [0.4, 0.5) is 5.82 Å². The van der Waals surface area contributed by atoms with E-state index in [0.29, 0.717) is 5.13 Å². The van der Waals surface area contributed by atoms with E-state index in [9.17, 15) is 8.42 Å². The average Bonchev–Trinajstić information content (AvgIpc) is 2.84. The third-order valence-electron chi connectivity index (χ3n) is 2.26. The second-order valence-electron chi connectivity index (χ2n) is 3.89. The number of nitrogens with two attached hydrogens (primary N) is 1. The second kappa shape index (κ2) is 4.28. The molecule has 0 aliphatic carbocycles. The Morgan fingerprint density at radius 1 is 1.28 bits per heavy atom. The summed E-state index contributed by atoms with van der Waals surface area (Å²) in [6.45, 7) is 4.89. The maximum Gasteiger partial charge on any atom is 0.236 e. The number of nitrogen functional groups attached to an aromatic ring is 1. The zero-order valence-corrected chi connectivity index (χ0v) is 11.7. The van der Waals surface area contributed by atoms with Gasteiger partial charge in [-0.2, -0.15) is 4.68 Å². The van der Waals surface area contributed by atoms with Gasteiger partial charge in [0.2, 0.25) is 20.0 Å². The molecule has 2 heterocycles. The minimum Gasteiger partial charge on any atom is -0.381 e. The molecule has 2 N–H and O–H groups in total. The molecule has 0 radical (unpaired) electrons. The van der Waals surface area contributed by atoms with Crippen molar-refractivity contribution in [3.8, 4) is 5.13 Å². The van der Waals surface area contributed by atoms with Crippen LogP contribution in [0.2, 0.25) is 0 Å². The fraction of sp³-hybridized carbons (Fsp3) is 0.500. The number of aromatic nitrogens is 5. The number of anilines is 1. The number of rotatable bonds is 3. The fourth-order valence-corrected chi connectivity index (χ4v) is 2.84. The minimum absolute atomic E-state index is 0.0418. The van der Waals surface area contributed by atoms with Crippen LogP contribution in [-0.2, 0) is 9.84 Å². The van der Waals surface area contributed by atoms with Crippen molar-refractivity contribution in [2.45, 2.75) is 31.0 Å². The van der Waals surface area contributed by atoms with Crippen LogP contribution in [0, 0.1) is 6.92 Å². The Bertz CT molecular complexity index is 672. The van der Waals surface area contributed by atoms with E-state index in [1.807, 2.05) is 0 Å². The van der Waals surface area contributed by atoms with Gasteiger partial charge in [0.05, 0.1) is 5.25 Å². The fourth-order valence-electron chi connectivity index (χ4n) is 1.21. The molecule has 0 aliphatic heterocycles. The molecule has 0 spiro atoms. The molecule has 2 aromatic rings. The molecule has 8 nitrogen and oxygen atoms in total. The van der Waals surface area contributed by atoms with Gasteiger partial charge < -0.3 is 5.73 Å². The molecule has 2 rings (SSSR count). The lowest BCUT2D eigenvalue weighted by molar-refractivity contribution is 0.583. The first-order chi connectivity index (χ1) is 8.34. The number of aryl methyl sites for hydroxylation is 1. The Hall–Kier alpha value is -1.55. The van der Waals surface area contributed by atoms with Crippen molar-refractivity contribution in [2.75, 3.05) is 5.73 Å². The summed E-state index contributed by atoms with van der Waals surface area (Å²) in [7, 11) is -3.55. The maximum atomic E-state index is 12.0. The van der Waals surface area contributed by atoms with Crippen molar-refractivity contribution in [1.29, 1.82) is 0 Å². The molecule has 98 valence electrons. The summed E-state index contributed by atoms with van der Waals surface area (Å²) >= 11 is 1.25. The molecule has 10 heteroatoms. The molecule has 2 aromatic heterocycles. The lowest BCUT2D eigenvalue weighted by atomic mass is 10.6. The molecule has 0 aromatic carbocycles. The third-order valence-corrected chi connectivity index (χ3v) is 5.14. The van der Waals surface area contributed by atoms with Gasteiger partial charge in [0.15, 0.2) is 5.82 Å². The number of hydrogen-bond donors (Lipinski definition) is 1. The van der Waals surface area contributed by atoms with Crippen molar-refractivity contribution in [3.63, 3.8) is 0 Å². The molecular weight excluding hydrogens is 276 g/mol. The number of sulfone groups is 1. The molecule has 0 aliphatic rings. The average molecular weight is 288 g/mol. The SMILES string of the molecule is Cc1nnc(-n2nnc(S(=O)(=O)C(C)C)c2N)s1. The molecular formula is C8H12N6O2S2. The van der Waals surface area contributed by atoms with Gasteiger partial charge in [-0.25, -0.2) is 8.42 Å². The quantitative estimate of drug-likeness (QED) is 0.856. The first kappa shape index (κ1) is 12.9. The molecule has 0 amide bonds. The van der Waals surface area contributed by atoms with E-state index in [2.05, 4.69) is 20.5 Å². The number of nitrogens with zero attached hydrogens (tertiary/aromatic N) is 5. The first-order valence-corrected chi connectivity index (χ1v) is 7.46. The Labute approximate surface area is 108 Å². The van der Waals surface area contributed by atoms with E-state index < -0.39 is 15.1 Å². The normalized spacial score (nSPS) is 12.2. The molecule has 0 saturated carbocycles. The van der Waals surface area contributed by atoms with E-state index >= 15 is 0 Å². The summed E-state index contributed by atoms with van der Waals surface area (Å²) in [6, 6.07) is 0. The molecule has 0 fully saturated rings. The molecule has 0 saturated heterocycles. The smallest absolute Gasteiger partial charge is 0.236 e. The van der Waals surface area contributed by atoms with Gasteiger partial charge in [-0.15, -0.1) is 15.3 Å². The van der Waals surface area contributed by atoms with Crippen LogP contribution in [0.5, 0.6) is 0 Å². The van der Waals surface area contributed by atoms with Gasteiger partial charge in [0.25, 0.3) is 0 Å². The van der Waals surface area contributed by atoms with E-state index in [1.165, 1.54) is 16.0 Å². The predicted octanol–water partition coefficient (Wildman–Crippen LogP) is 0.192. The van der Waals surface area contributed by atoms with Gasteiger partial charge in [-0.1, -0.05) is 16.6 Å². The highest BCUT2D eigenvalue weighted by Crippen LogP contribution is 2.23. The van der Waals surface area contributed by atoms with Gasteiger partial charge in [-0.05, 0) is 20.8 Å². The lowest BCUT2D eigenvalue weighted by Gasteiger charge is -2.04. The largest absolute Gasteiger partial charge is 0.381 e. The maximum absolute atomic E-state index is 12.0. The van der Waals surface area contributed by atoms with Gasteiger partial charge in [0, 0.05) is 0 Å². The predicted molar refractivity (Wildman–Crippen MR) is 66.3 cm³/mol. The van der Waals surface area contributed by atoms with Crippen LogP contribution in [0.1, 0.15) is 18.9 Å². The van der Waals surface area contributed by atoms with Crippen molar-refractivity contribution in [2.24, 2.45) is 0 Å². The van der Waals surface area contributed by atoms with Crippen LogP contribution in [0.15, 0.2) is 5.03 Å². The van der Waals surface area contributed by atoms with Gasteiger partial charge in [0.1, 0.15) is 5.01 Å². The molecule has 0 atom stereocenters. The highest BCUT2D eigenvalue weighted by Gasteiger charge is 2.28. The summed E-state index contributed by atoms with van der Waals surface area (Å²) in [5.41, 5.74) is 5.77. The van der Waals surface area contributed by atoms with Crippen LogP contribution >= 0.6 is 11.3 Å². The highest BCUT2D eigenvalue weighted by molar-refractivity contribution is 7.92. The van der Waals surface area contributed by atoms with E-state index in [4.69, 9.17) is 5.73 Å². The van der Waals surface area contributed by atoms with E-state index in [-0.39, 0.29) is 10.8 Å². The summed E-state index contributed by atoms with van der Waals surface area (Å²) in [4.78, 5) is 0. The molecule has 0 bridgehead atoms. The second-order valence-corrected chi connectivity index (χ2v) is 7.47. The minimum atomic E-state index is -3.55. The summed E-state index contributed by atoms with van der Waals surface area (Å²) in [5, 5.41) is 15.3. The third kappa shape index (κ3) is 1.97. The van der Waals surface area contributed by atoms with E-state index in [1.54, 1.807) is 20.8 Å². The topological polar surface area (TPSA) is 117 Å². The van der Waals surface area contributed by atoms with Crippen LogP contribution in [-0.4, -0.2) is 38.9 Å². The van der Waals surface area contributed by atoms with Crippen molar-refractivity contribution in [1.82, 2.24) is 25.2 Å². The standard InChI is InChI=1S/C8H12N6O2S2/c1-4(2)18(15,16)7-6(9)14(13-11-7)8-12-10-5(3)17-8/h4H,9H2,1-3H3. The van der Waals surface area contributed by atoms with E-state index in [0.717, 1.165) is 5.01 Å². The zero-order valence-electron chi connectivity index (χ0n) is 10.0. The van der Waals surface area contributed by atoms with Crippen molar-refractivity contribution in [3.05, 3.63) is 5.01 Å². The van der Waals surface area contributed by atoms with Crippen molar-refractivity contribution >= 4 is 27.0 Å². The Kier molecular flexibility index (Phi) is 3.07. The molecule has 18 heavy (non-hydrogen) atoms. The lowest BCUT2D eigenvalue weighted by Crippen LogP contribution is -2.16. The zero-order chi connectivity index (χ0) is 13.5. The summed E-state index contributed by atoms with van der Waals surface area (Å²) in [5.74, 6) is -0.0418. The summed E-state index contributed by atoms with van der Waals surface area (Å²) in [6.07, 6.45) is 0. The van der Waals surface area contributed by atoms with Gasteiger partial charge >= 0.3 is 0 Å². The highest BCUT2D eigenvalue weighted by atomic mass is 32.2. The van der Waals surface area contributed by atoms with Crippen LogP contribution in [0.25, 0.3) is 5.13 Å².